The second-order valence-corrected chi connectivity index (χ2v) is 7.90. The molecule has 0 aliphatic heterocycles. The molecule has 0 spiro atoms. The summed E-state index contributed by atoms with van der Waals surface area (Å²) in [5.74, 6) is 0.148. The molecule has 0 bridgehead atoms. The van der Waals surface area contributed by atoms with Crippen LogP contribution in [0.15, 0.2) is 45.8 Å². The van der Waals surface area contributed by atoms with Crippen LogP contribution in [0, 0.1) is 33.5 Å². The third-order valence-electron chi connectivity index (χ3n) is 4.22. The number of halogens is 1. The van der Waals surface area contributed by atoms with E-state index in [0.717, 1.165) is 5.56 Å². The number of aryl methyl sites for hydroxylation is 4. The number of hydrogen-bond donors (Lipinski definition) is 1. The highest BCUT2D eigenvalue weighted by molar-refractivity contribution is 7.92. The van der Waals surface area contributed by atoms with Crippen molar-refractivity contribution in [3.05, 3.63) is 64.8 Å². The average Bonchev–Trinajstić information content (AvgIpc) is 2.90. The zero-order chi connectivity index (χ0) is 19.1. The van der Waals surface area contributed by atoms with Gasteiger partial charge in [0.2, 0.25) is 0 Å². The van der Waals surface area contributed by atoms with E-state index < -0.39 is 15.8 Å². The molecule has 0 radical (unpaired) electrons. The van der Waals surface area contributed by atoms with E-state index in [9.17, 15) is 12.8 Å². The summed E-state index contributed by atoms with van der Waals surface area (Å²) in [6, 6.07) is 9.36. The van der Waals surface area contributed by atoms with Gasteiger partial charge in [-0.2, -0.15) is 0 Å². The molecule has 0 fully saturated rings. The summed E-state index contributed by atoms with van der Waals surface area (Å²) in [6.45, 7) is 6.90. The zero-order valence-electron chi connectivity index (χ0n) is 14.9. The molecule has 0 saturated heterocycles. The predicted molar refractivity (Wildman–Crippen MR) is 98.1 cm³/mol. The molecule has 2 aromatic carbocycles. The second-order valence-electron chi connectivity index (χ2n) is 6.25. The van der Waals surface area contributed by atoms with Crippen LogP contribution in [0.5, 0.6) is 0 Å². The Morgan fingerprint density at radius 2 is 1.69 bits per heavy atom. The molecule has 5 nitrogen and oxygen atoms in total. The maximum absolute atomic E-state index is 13.7. The lowest BCUT2D eigenvalue weighted by Crippen LogP contribution is -2.14. The van der Waals surface area contributed by atoms with Crippen LogP contribution in [0.1, 0.15) is 22.6 Å². The number of nitrogens with zero attached hydrogens (tertiary/aromatic N) is 1. The summed E-state index contributed by atoms with van der Waals surface area (Å²) in [4.78, 5) is 0.121. The first-order chi connectivity index (χ1) is 12.2. The minimum atomic E-state index is -3.88. The monoisotopic (exact) mass is 374 g/mol. The Bertz CT molecular complexity index is 1070. The van der Waals surface area contributed by atoms with Gasteiger partial charge < -0.3 is 4.52 Å². The first kappa shape index (κ1) is 18.1. The first-order valence-electron chi connectivity index (χ1n) is 8.02. The molecular weight excluding hydrogens is 355 g/mol. The van der Waals surface area contributed by atoms with E-state index in [2.05, 4.69) is 9.88 Å². The van der Waals surface area contributed by atoms with Gasteiger partial charge >= 0.3 is 0 Å². The molecule has 1 N–H and O–H groups in total. The van der Waals surface area contributed by atoms with Gasteiger partial charge in [0, 0.05) is 5.56 Å². The smallest absolute Gasteiger partial charge is 0.262 e. The lowest BCUT2D eigenvalue weighted by Gasteiger charge is -2.12. The summed E-state index contributed by atoms with van der Waals surface area (Å²) in [7, 11) is -3.88. The molecule has 0 aliphatic rings. The first-order valence-corrected chi connectivity index (χ1v) is 9.50. The molecule has 136 valence electrons. The van der Waals surface area contributed by atoms with Gasteiger partial charge in [-0.25, -0.2) is 12.8 Å². The van der Waals surface area contributed by atoms with E-state index >= 15 is 0 Å². The van der Waals surface area contributed by atoms with Crippen molar-refractivity contribution in [1.29, 1.82) is 0 Å². The maximum Gasteiger partial charge on any atom is 0.262 e. The third kappa shape index (κ3) is 3.35. The Morgan fingerprint density at radius 3 is 2.31 bits per heavy atom. The van der Waals surface area contributed by atoms with E-state index in [1.54, 1.807) is 39.8 Å². The van der Waals surface area contributed by atoms with Gasteiger partial charge in [-0.1, -0.05) is 23.4 Å². The molecule has 0 saturated carbocycles. The molecule has 3 rings (SSSR count). The largest absolute Gasteiger partial charge is 0.361 e. The summed E-state index contributed by atoms with van der Waals surface area (Å²) in [5.41, 5.74) is 3.36. The van der Waals surface area contributed by atoms with Crippen molar-refractivity contribution in [2.45, 2.75) is 32.6 Å². The highest BCUT2D eigenvalue weighted by Crippen LogP contribution is 2.30. The average molecular weight is 374 g/mol. The SMILES string of the molecule is Cc1ccc(NS(=O)(=O)c2cc(-c3c(C)noc3C)ccc2C)cc1F. The molecule has 0 unspecified atom stereocenters. The molecular formula is C19H19FN2O3S. The van der Waals surface area contributed by atoms with Crippen LogP contribution >= 0.6 is 0 Å². The topological polar surface area (TPSA) is 72.2 Å². The van der Waals surface area contributed by atoms with Crippen LogP contribution < -0.4 is 4.72 Å². The number of rotatable bonds is 4. The van der Waals surface area contributed by atoms with Gasteiger partial charge in [-0.05, 0) is 62.6 Å². The van der Waals surface area contributed by atoms with E-state index in [4.69, 9.17) is 4.52 Å². The van der Waals surface area contributed by atoms with Crippen molar-refractivity contribution < 1.29 is 17.3 Å². The van der Waals surface area contributed by atoms with Crippen LogP contribution in [0.3, 0.4) is 0 Å². The number of benzene rings is 2. The fourth-order valence-electron chi connectivity index (χ4n) is 2.81. The van der Waals surface area contributed by atoms with Gasteiger partial charge in [0.05, 0.1) is 16.3 Å². The van der Waals surface area contributed by atoms with Crippen LogP contribution in [-0.4, -0.2) is 13.6 Å². The highest BCUT2D eigenvalue weighted by atomic mass is 32.2. The highest BCUT2D eigenvalue weighted by Gasteiger charge is 2.20. The summed E-state index contributed by atoms with van der Waals surface area (Å²) in [6.07, 6.45) is 0. The third-order valence-corrected chi connectivity index (χ3v) is 5.75. The van der Waals surface area contributed by atoms with Crippen molar-refractivity contribution >= 4 is 15.7 Å². The van der Waals surface area contributed by atoms with Crippen LogP contribution in [-0.2, 0) is 10.0 Å². The standard InChI is InChI=1S/C19H19FN2O3S/c1-11-6-8-16(10-17(11)20)22-26(23,24)18-9-15(7-5-12(18)2)19-13(3)21-25-14(19)4/h5-10,22H,1-4H3. The van der Waals surface area contributed by atoms with Crippen LogP contribution in [0.25, 0.3) is 11.1 Å². The van der Waals surface area contributed by atoms with Gasteiger partial charge in [0.15, 0.2) is 0 Å². The molecule has 0 atom stereocenters. The maximum atomic E-state index is 13.7. The minimum Gasteiger partial charge on any atom is -0.361 e. The van der Waals surface area contributed by atoms with Crippen LogP contribution in [0.4, 0.5) is 10.1 Å². The number of hydrogen-bond acceptors (Lipinski definition) is 4. The van der Waals surface area contributed by atoms with Crippen molar-refractivity contribution in [2.24, 2.45) is 0 Å². The molecule has 1 heterocycles. The van der Waals surface area contributed by atoms with Crippen molar-refractivity contribution in [3.8, 4) is 11.1 Å². The number of nitrogens with one attached hydrogen (secondary N) is 1. The van der Waals surface area contributed by atoms with E-state index in [0.29, 0.717) is 28.1 Å². The quantitative estimate of drug-likeness (QED) is 0.729. The Morgan fingerprint density at radius 1 is 1.00 bits per heavy atom. The Labute approximate surface area is 151 Å². The van der Waals surface area contributed by atoms with Gasteiger partial charge in [-0.15, -0.1) is 0 Å². The van der Waals surface area contributed by atoms with E-state index in [-0.39, 0.29) is 10.6 Å². The lowest BCUT2D eigenvalue weighted by atomic mass is 10.0. The summed E-state index contributed by atoms with van der Waals surface area (Å²) < 4.78 is 47.0. The van der Waals surface area contributed by atoms with E-state index in [1.165, 1.54) is 18.2 Å². The molecule has 26 heavy (non-hydrogen) atoms. The van der Waals surface area contributed by atoms with Gasteiger partial charge in [0.1, 0.15) is 11.6 Å². The van der Waals surface area contributed by atoms with E-state index in [1.807, 2.05) is 6.07 Å². The van der Waals surface area contributed by atoms with Gasteiger partial charge in [-0.3, -0.25) is 4.72 Å². The van der Waals surface area contributed by atoms with Gasteiger partial charge in [0.25, 0.3) is 10.0 Å². The summed E-state index contributed by atoms with van der Waals surface area (Å²) >= 11 is 0. The summed E-state index contributed by atoms with van der Waals surface area (Å²) in [5, 5.41) is 3.91. The minimum absolute atomic E-state index is 0.121. The molecule has 0 amide bonds. The fraction of sp³-hybridized carbons (Fsp3) is 0.211. The predicted octanol–water partition coefficient (Wildman–Crippen LogP) is 4.52. The molecule has 3 aromatic rings. The zero-order valence-corrected chi connectivity index (χ0v) is 15.7. The Kier molecular flexibility index (Phi) is 4.58. The van der Waals surface area contributed by atoms with Crippen molar-refractivity contribution in [1.82, 2.24) is 5.16 Å². The van der Waals surface area contributed by atoms with Crippen molar-refractivity contribution in [2.75, 3.05) is 4.72 Å². The fourth-order valence-corrected chi connectivity index (χ4v) is 4.13. The normalized spacial score (nSPS) is 11.6. The number of aromatic nitrogens is 1. The Balaban J connectivity index is 2.04. The molecule has 1 aromatic heterocycles. The van der Waals surface area contributed by atoms with Crippen molar-refractivity contribution in [3.63, 3.8) is 0 Å². The van der Waals surface area contributed by atoms with Crippen LogP contribution in [0.2, 0.25) is 0 Å². The number of sulfonamides is 1. The molecule has 0 aliphatic carbocycles. The second kappa shape index (κ2) is 6.57. The Hall–Kier alpha value is -2.67. The lowest BCUT2D eigenvalue weighted by molar-refractivity contribution is 0.393. The number of anilines is 1. The molecule has 7 heteroatoms.